The van der Waals surface area contributed by atoms with Gasteiger partial charge < -0.3 is 8.85 Å². The highest BCUT2D eigenvalue weighted by atomic mass is 28.4. The molecular formula is C6H14O2Si. The SMILES string of the molecule is C=C[Si](CC)(OC)OC. The Morgan fingerprint density at radius 3 is 1.89 bits per heavy atom. The lowest BCUT2D eigenvalue weighted by molar-refractivity contribution is 0.257. The van der Waals surface area contributed by atoms with Crippen molar-refractivity contribution in [3.05, 3.63) is 12.3 Å². The summed E-state index contributed by atoms with van der Waals surface area (Å²) in [6.07, 6.45) is 0. The molecule has 0 heterocycles. The van der Waals surface area contributed by atoms with Crippen LogP contribution < -0.4 is 0 Å². The van der Waals surface area contributed by atoms with Gasteiger partial charge in [0.1, 0.15) is 0 Å². The van der Waals surface area contributed by atoms with Crippen LogP contribution in [0.15, 0.2) is 12.3 Å². The highest BCUT2D eigenvalue weighted by Crippen LogP contribution is 2.10. The predicted molar refractivity (Wildman–Crippen MR) is 40.5 cm³/mol. The minimum Gasteiger partial charge on any atom is -0.395 e. The zero-order chi connectivity index (χ0) is 7.33. The van der Waals surface area contributed by atoms with Gasteiger partial charge in [-0.1, -0.05) is 6.92 Å². The van der Waals surface area contributed by atoms with Gasteiger partial charge in [0.25, 0.3) is 0 Å². The van der Waals surface area contributed by atoms with Crippen molar-refractivity contribution >= 4 is 8.56 Å². The van der Waals surface area contributed by atoms with E-state index in [1.807, 2.05) is 6.92 Å². The van der Waals surface area contributed by atoms with Gasteiger partial charge in [0.05, 0.1) is 0 Å². The molecule has 0 N–H and O–H groups in total. The van der Waals surface area contributed by atoms with Gasteiger partial charge in [-0.3, -0.25) is 0 Å². The Labute approximate surface area is 57.7 Å². The Morgan fingerprint density at radius 1 is 1.44 bits per heavy atom. The highest BCUT2D eigenvalue weighted by molar-refractivity contribution is 6.72. The zero-order valence-corrected chi connectivity index (χ0v) is 7.31. The second-order valence-electron chi connectivity index (χ2n) is 1.78. The molecule has 0 unspecified atom stereocenters. The number of hydrogen-bond donors (Lipinski definition) is 0. The second kappa shape index (κ2) is 3.82. The molecule has 0 atom stereocenters. The standard InChI is InChI=1S/C6H14O2Si/c1-5-9(6-2,7-3)8-4/h5H,1,6H2,2-4H3. The van der Waals surface area contributed by atoms with E-state index in [0.29, 0.717) is 0 Å². The fourth-order valence-electron chi connectivity index (χ4n) is 0.683. The monoisotopic (exact) mass is 146 g/mol. The summed E-state index contributed by atoms with van der Waals surface area (Å²) in [4.78, 5) is 0. The summed E-state index contributed by atoms with van der Waals surface area (Å²) in [6, 6.07) is 0.920. The van der Waals surface area contributed by atoms with Crippen LogP contribution in [-0.4, -0.2) is 22.8 Å². The minimum atomic E-state index is -1.93. The van der Waals surface area contributed by atoms with Crippen LogP contribution in [0.4, 0.5) is 0 Å². The lowest BCUT2D eigenvalue weighted by Gasteiger charge is -2.20. The molecule has 0 aliphatic heterocycles. The average Bonchev–Trinajstić information content (AvgIpc) is 1.95. The fraction of sp³-hybridized carbons (Fsp3) is 0.667. The highest BCUT2D eigenvalue weighted by Gasteiger charge is 2.28. The van der Waals surface area contributed by atoms with Gasteiger partial charge >= 0.3 is 8.56 Å². The first-order valence-electron chi connectivity index (χ1n) is 2.98. The first-order valence-corrected chi connectivity index (χ1v) is 5.08. The Kier molecular flexibility index (Phi) is 3.77. The van der Waals surface area contributed by atoms with Crippen LogP contribution >= 0.6 is 0 Å². The van der Waals surface area contributed by atoms with E-state index in [2.05, 4.69) is 6.58 Å². The molecule has 3 heteroatoms. The molecule has 0 amide bonds. The summed E-state index contributed by atoms with van der Waals surface area (Å²) in [5.74, 6) is 0. The first kappa shape index (κ1) is 8.88. The molecule has 0 aromatic heterocycles. The molecule has 0 aromatic rings. The van der Waals surface area contributed by atoms with Gasteiger partial charge in [-0.2, -0.15) is 0 Å². The summed E-state index contributed by atoms with van der Waals surface area (Å²) in [5, 5.41) is 0. The van der Waals surface area contributed by atoms with Gasteiger partial charge in [0, 0.05) is 14.2 Å². The summed E-state index contributed by atoms with van der Waals surface area (Å²) in [6.45, 7) is 5.70. The maximum Gasteiger partial charge on any atom is 0.363 e. The largest absolute Gasteiger partial charge is 0.395 e. The summed E-state index contributed by atoms with van der Waals surface area (Å²) >= 11 is 0. The van der Waals surface area contributed by atoms with Crippen LogP contribution in [0.25, 0.3) is 0 Å². The molecule has 0 aromatic carbocycles. The third-order valence-electron chi connectivity index (χ3n) is 1.49. The number of rotatable bonds is 4. The molecule has 0 aliphatic carbocycles. The van der Waals surface area contributed by atoms with Crippen molar-refractivity contribution in [2.45, 2.75) is 13.0 Å². The molecule has 0 rings (SSSR count). The molecule has 0 fully saturated rings. The number of hydrogen-bond acceptors (Lipinski definition) is 2. The van der Waals surface area contributed by atoms with Crippen molar-refractivity contribution in [3.8, 4) is 0 Å². The van der Waals surface area contributed by atoms with E-state index in [0.717, 1.165) is 6.04 Å². The molecule has 0 saturated carbocycles. The molecule has 0 aliphatic rings. The Morgan fingerprint density at radius 2 is 1.89 bits per heavy atom. The molecule has 54 valence electrons. The summed E-state index contributed by atoms with van der Waals surface area (Å²) in [5.41, 5.74) is 1.80. The van der Waals surface area contributed by atoms with Crippen LogP contribution in [0.3, 0.4) is 0 Å². The molecular weight excluding hydrogens is 132 g/mol. The van der Waals surface area contributed by atoms with Crippen LogP contribution in [0.5, 0.6) is 0 Å². The molecule has 9 heavy (non-hydrogen) atoms. The fourth-order valence-corrected chi connectivity index (χ4v) is 2.05. The molecule has 2 nitrogen and oxygen atoms in total. The molecule has 0 spiro atoms. The van der Waals surface area contributed by atoms with E-state index in [1.165, 1.54) is 0 Å². The molecule has 0 bridgehead atoms. The van der Waals surface area contributed by atoms with Crippen LogP contribution in [0, 0.1) is 0 Å². The smallest absolute Gasteiger partial charge is 0.363 e. The van der Waals surface area contributed by atoms with Crippen LogP contribution in [0.2, 0.25) is 6.04 Å². The lowest BCUT2D eigenvalue weighted by atomic mass is 11.0. The van der Waals surface area contributed by atoms with Crippen molar-refractivity contribution in [1.29, 1.82) is 0 Å². The molecule has 0 saturated heterocycles. The maximum absolute atomic E-state index is 5.18. The van der Waals surface area contributed by atoms with Gasteiger partial charge in [-0.15, -0.1) is 6.58 Å². The molecule has 0 radical (unpaired) electrons. The van der Waals surface area contributed by atoms with Crippen LogP contribution in [0.1, 0.15) is 6.92 Å². The van der Waals surface area contributed by atoms with Crippen molar-refractivity contribution in [2.75, 3.05) is 14.2 Å². The summed E-state index contributed by atoms with van der Waals surface area (Å²) < 4.78 is 10.4. The zero-order valence-electron chi connectivity index (χ0n) is 6.31. The van der Waals surface area contributed by atoms with Gasteiger partial charge in [-0.25, -0.2) is 0 Å². The third-order valence-corrected chi connectivity index (χ3v) is 4.48. The second-order valence-corrected chi connectivity index (χ2v) is 5.33. The van der Waals surface area contributed by atoms with E-state index in [-0.39, 0.29) is 0 Å². The van der Waals surface area contributed by atoms with Crippen molar-refractivity contribution in [2.24, 2.45) is 0 Å². The van der Waals surface area contributed by atoms with Crippen molar-refractivity contribution in [1.82, 2.24) is 0 Å². The van der Waals surface area contributed by atoms with Crippen molar-refractivity contribution in [3.63, 3.8) is 0 Å². The summed E-state index contributed by atoms with van der Waals surface area (Å²) in [7, 11) is 1.41. The Hall–Kier alpha value is -0.123. The predicted octanol–water partition coefficient (Wildman–Crippen LogP) is 1.47. The van der Waals surface area contributed by atoms with Gasteiger partial charge in [-0.05, 0) is 11.7 Å². The van der Waals surface area contributed by atoms with Gasteiger partial charge in [0.2, 0.25) is 0 Å². The van der Waals surface area contributed by atoms with E-state index < -0.39 is 8.56 Å². The van der Waals surface area contributed by atoms with E-state index in [9.17, 15) is 0 Å². The quantitative estimate of drug-likeness (QED) is 0.559. The topological polar surface area (TPSA) is 18.5 Å². The third kappa shape index (κ3) is 1.93. The average molecular weight is 146 g/mol. The Bertz CT molecular complexity index is 80.8. The van der Waals surface area contributed by atoms with Crippen LogP contribution in [-0.2, 0) is 8.85 Å². The minimum absolute atomic E-state index is 0.920. The van der Waals surface area contributed by atoms with Gasteiger partial charge in [0.15, 0.2) is 0 Å². The maximum atomic E-state index is 5.18. The van der Waals surface area contributed by atoms with E-state index in [4.69, 9.17) is 8.85 Å². The lowest BCUT2D eigenvalue weighted by Crippen LogP contribution is -2.36. The van der Waals surface area contributed by atoms with E-state index >= 15 is 0 Å². The normalized spacial score (nSPS) is 11.4. The first-order chi connectivity index (χ1) is 4.24. The Balaban J connectivity index is 3.98. The van der Waals surface area contributed by atoms with E-state index in [1.54, 1.807) is 19.9 Å². The van der Waals surface area contributed by atoms with Crippen molar-refractivity contribution < 1.29 is 8.85 Å².